The molecule has 0 saturated heterocycles. The second-order valence-corrected chi connectivity index (χ2v) is 6.69. The summed E-state index contributed by atoms with van der Waals surface area (Å²) in [5.41, 5.74) is 0.119. The summed E-state index contributed by atoms with van der Waals surface area (Å²) in [4.78, 5) is 23.1. The monoisotopic (exact) mass is 305 g/mol. The first-order valence-electron chi connectivity index (χ1n) is 8.09. The first-order valence-corrected chi connectivity index (χ1v) is 8.09. The summed E-state index contributed by atoms with van der Waals surface area (Å²) in [6.45, 7) is 2.39. The van der Waals surface area contributed by atoms with Gasteiger partial charge in [-0.2, -0.15) is 5.10 Å². The molecule has 0 aliphatic heterocycles. The van der Waals surface area contributed by atoms with Gasteiger partial charge < -0.3 is 10.4 Å². The minimum absolute atomic E-state index is 0.0258. The van der Waals surface area contributed by atoms with E-state index in [-0.39, 0.29) is 24.1 Å². The minimum atomic E-state index is -1.02. The largest absolute Gasteiger partial charge is 0.477 e. The Hall–Kier alpha value is -1.85. The zero-order valence-electron chi connectivity index (χ0n) is 12.9. The Morgan fingerprint density at radius 2 is 2.27 bits per heavy atom. The molecule has 6 heteroatoms. The van der Waals surface area contributed by atoms with Crippen LogP contribution in [0.25, 0.3) is 0 Å². The summed E-state index contributed by atoms with van der Waals surface area (Å²) in [5.74, 6) is 1.22. The molecular formula is C16H23N3O3. The van der Waals surface area contributed by atoms with Gasteiger partial charge in [0.05, 0.1) is 6.54 Å². The number of nitrogens with zero attached hydrogens (tertiary/aromatic N) is 2. The van der Waals surface area contributed by atoms with Gasteiger partial charge in [-0.1, -0.05) is 6.42 Å². The molecule has 0 spiro atoms. The van der Waals surface area contributed by atoms with Crippen molar-refractivity contribution in [3.05, 3.63) is 18.0 Å². The quantitative estimate of drug-likeness (QED) is 0.841. The second-order valence-electron chi connectivity index (χ2n) is 6.69. The van der Waals surface area contributed by atoms with Crippen LogP contribution in [0.1, 0.15) is 49.5 Å². The van der Waals surface area contributed by atoms with Crippen LogP contribution in [0.4, 0.5) is 0 Å². The Labute approximate surface area is 129 Å². The summed E-state index contributed by atoms with van der Waals surface area (Å²) in [7, 11) is 0. The zero-order chi connectivity index (χ0) is 15.7. The summed E-state index contributed by atoms with van der Waals surface area (Å²) in [6, 6.07) is 1.65. The number of rotatable bonds is 6. The van der Waals surface area contributed by atoms with Crippen molar-refractivity contribution < 1.29 is 14.7 Å². The fourth-order valence-corrected chi connectivity index (χ4v) is 4.24. The molecule has 120 valence electrons. The maximum Gasteiger partial charge on any atom is 0.354 e. The van der Waals surface area contributed by atoms with Gasteiger partial charge in [-0.3, -0.25) is 9.48 Å². The van der Waals surface area contributed by atoms with Crippen molar-refractivity contribution >= 4 is 11.9 Å². The maximum atomic E-state index is 12.1. The van der Waals surface area contributed by atoms with Gasteiger partial charge in [0.15, 0.2) is 0 Å². The Morgan fingerprint density at radius 3 is 2.91 bits per heavy atom. The van der Waals surface area contributed by atoms with Crippen molar-refractivity contribution in [2.75, 3.05) is 0 Å². The van der Waals surface area contributed by atoms with Crippen molar-refractivity contribution in [1.29, 1.82) is 0 Å². The van der Waals surface area contributed by atoms with E-state index in [2.05, 4.69) is 17.3 Å². The molecule has 2 fully saturated rings. The van der Waals surface area contributed by atoms with E-state index >= 15 is 0 Å². The average Bonchev–Trinajstić information content (AvgIpc) is 3.20. The number of carboxylic acids is 1. The SMILES string of the molecule is CC(NC(=O)CCn1nccc1C(=O)O)C1CC2CCC1C2. The lowest BCUT2D eigenvalue weighted by atomic mass is 9.84. The molecule has 2 bridgehead atoms. The smallest absolute Gasteiger partial charge is 0.354 e. The number of nitrogens with one attached hydrogen (secondary N) is 1. The fraction of sp³-hybridized carbons (Fsp3) is 0.688. The van der Waals surface area contributed by atoms with Crippen LogP contribution in [0.15, 0.2) is 12.3 Å². The Kier molecular flexibility index (Phi) is 4.18. The Morgan fingerprint density at radius 1 is 1.45 bits per heavy atom. The summed E-state index contributed by atoms with van der Waals surface area (Å²) >= 11 is 0. The highest BCUT2D eigenvalue weighted by molar-refractivity contribution is 5.85. The van der Waals surface area contributed by atoms with Crippen molar-refractivity contribution in [2.24, 2.45) is 17.8 Å². The molecule has 2 N–H and O–H groups in total. The van der Waals surface area contributed by atoms with Gasteiger partial charge in [0, 0.05) is 18.7 Å². The molecule has 1 aromatic heterocycles. The molecule has 1 amide bonds. The van der Waals surface area contributed by atoms with Crippen LogP contribution in [0, 0.1) is 17.8 Å². The molecule has 1 heterocycles. The highest BCUT2D eigenvalue weighted by atomic mass is 16.4. The molecule has 6 nitrogen and oxygen atoms in total. The molecule has 2 saturated carbocycles. The average molecular weight is 305 g/mol. The van der Waals surface area contributed by atoms with Gasteiger partial charge in [0.2, 0.25) is 5.91 Å². The number of carbonyl (C=O) groups is 2. The number of hydrogen-bond donors (Lipinski definition) is 2. The van der Waals surface area contributed by atoms with Gasteiger partial charge in [-0.05, 0) is 50.0 Å². The minimum Gasteiger partial charge on any atom is -0.477 e. The molecule has 2 aliphatic rings. The van der Waals surface area contributed by atoms with Crippen molar-refractivity contribution in [1.82, 2.24) is 15.1 Å². The van der Waals surface area contributed by atoms with Crippen LogP contribution in [-0.4, -0.2) is 32.8 Å². The first kappa shape index (κ1) is 15.1. The molecule has 4 unspecified atom stereocenters. The van der Waals surface area contributed by atoms with E-state index in [0.717, 1.165) is 11.8 Å². The number of fused-ring (bicyclic) bond motifs is 2. The molecule has 0 radical (unpaired) electrons. The number of amides is 1. The van der Waals surface area contributed by atoms with Crippen LogP contribution in [0.3, 0.4) is 0 Å². The van der Waals surface area contributed by atoms with E-state index in [4.69, 9.17) is 5.11 Å². The Balaban J connectivity index is 1.48. The second kappa shape index (κ2) is 6.10. The number of carbonyl (C=O) groups excluding carboxylic acids is 1. The number of carboxylic acid groups (broad SMARTS) is 1. The molecule has 0 aromatic carbocycles. The van der Waals surface area contributed by atoms with Gasteiger partial charge >= 0.3 is 5.97 Å². The van der Waals surface area contributed by atoms with Crippen LogP contribution in [-0.2, 0) is 11.3 Å². The number of aryl methyl sites for hydroxylation is 1. The maximum absolute atomic E-state index is 12.1. The van der Waals surface area contributed by atoms with Crippen molar-refractivity contribution in [3.8, 4) is 0 Å². The van der Waals surface area contributed by atoms with E-state index in [0.29, 0.717) is 12.5 Å². The molecule has 22 heavy (non-hydrogen) atoms. The third-order valence-electron chi connectivity index (χ3n) is 5.31. The third-order valence-corrected chi connectivity index (χ3v) is 5.31. The van der Waals surface area contributed by atoms with Crippen LogP contribution in [0.2, 0.25) is 0 Å². The third kappa shape index (κ3) is 3.00. The summed E-state index contributed by atoms with van der Waals surface area (Å²) in [6.07, 6.45) is 6.95. The van der Waals surface area contributed by atoms with E-state index in [9.17, 15) is 9.59 Å². The first-order chi connectivity index (χ1) is 10.5. The topological polar surface area (TPSA) is 84.2 Å². The standard InChI is InChI=1S/C16H23N3O3/c1-10(13-9-11-2-3-12(13)8-11)18-15(20)5-7-19-14(16(21)22)4-6-17-19/h4,6,10-13H,2-3,5,7-9H2,1H3,(H,18,20)(H,21,22). The number of aromatic carboxylic acids is 1. The fourth-order valence-electron chi connectivity index (χ4n) is 4.24. The summed E-state index contributed by atoms with van der Waals surface area (Å²) in [5, 5.41) is 16.1. The highest BCUT2D eigenvalue weighted by Gasteiger charge is 2.42. The molecule has 4 atom stereocenters. The van der Waals surface area contributed by atoms with Gasteiger partial charge in [0.25, 0.3) is 0 Å². The lowest BCUT2D eigenvalue weighted by Gasteiger charge is -2.28. The predicted molar refractivity (Wildman–Crippen MR) is 80.3 cm³/mol. The zero-order valence-corrected chi connectivity index (χ0v) is 12.9. The van der Waals surface area contributed by atoms with E-state index in [1.807, 2.05) is 0 Å². The van der Waals surface area contributed by atoms with Crippen LogP contribution < -0.4 is 5.32 Å². The lowest BCUT2D eigenvalue weighted by molar-refractivity contribution is -0.122. The Bertz CT molecular complexity index is 569. The molecule has 3 rings (SSSR count). The lowest BCUT2D eigenvalue weighted by Crippen LogP contribution is -2.40. The normalized spacial score (nSPS) is 27.8. The van der Waals surface area contributed by atoms with Gasteiger partial charge in [-0.25, -0.2) is 4.79 Å². The van der Waals surface area contributed by atoms with E-state index in [1.165, 1.54) is 42.6 Å². The summed E-state index contributed by atoms with van der Waals surface area (Å²) < 4.78 is 1.37. The number of aromatic nitrogens is 2. The van der Waals surface area contributed by atoms with Crippen molar-refractivity contribution in [3.63, 3.8) is 0 Å². The molecular weight excluding hydrogens is 282 g/mol. The highest BCUT2D eigenvalue weighted by Crippen LogP contribution is 2.49. The molecule has 1 aromatic rings. The van der Waals surface area contributed by atoms with Crippen LogP contribution in [0.5, 0.6) is 0 Å². The predicted octanol–water partition coefficient (Wildman–Crippen LogP) is 1.91. The van der Waals surface area contributed by atoms with Crippen molar-refractivity contribution in [2.45, 2.75) is 51.6 Å². The van der Waals surface area contributed by atoms with E-state index in [1.54, 1.807) is 0 Å². The van der Waals surface area contributed by atoms with E-state index < -0.39 is 5.97 Å². The number of hydrogen-bond acceptors (Lipinski definition) is 3. The van der Waals surface area contributed by atoms with Gasteiger partial charge in [0.1, 0.15) is 5.69 Å². The molecule has 2 aliphatic carbocycles. The van der Waals surface area contributed by atoms with Crippen LogP contribution >= 0.6 is 0 Å². The van der Waals surface area contributed by atoms with Gasteiger partial charge in [-0.15, -0.1) is 0 Å².